The molecule has 2 aromatic carbocycles. The fourth-order valence-corrected chi connectivity index (χ4v) is 6.29. The predicted octanol–water partition coefficient (Wildman–Crippen LogP) is 6.08. The van der Waals surface area contributed by atoms with Crippen molar-refractivity contribution in [2.75, 3.05) is 0 Å². The Balaban J connectivity index is 1.60. The number of benzene rings is 2. The van der Waals surface area contributed by atoms with E-state index in [0.717, 1.165) is 5.69 Å². The summed E-state index contributed by atoms with van der Waals surface area (Å²) in [6.45, 7) is 2.20. The van der Waals surface area contributed by atoms with Gasteiger partial charge in [0.2, 0.25) is 11.4 Å². The van der Waals surface area contributed by atoms with Crippen molar-refractivity contribution in [2.45, 2.75) is 19.0 Å². The minimum atomic E-state index is 0.153. The Bertz CT molecular complexity index is 1590. The molecule has 0 amide bonds. The molecule has 0 saturated heterocycles. The number of hydrogen-bond acceptors (Lipinski definition) is 1. The van der Waals surface area contributed by atoms with E-state index < -0.39 is 0 Å². The summed E-state index contributed by atoms with van der Waals surface area (Å²) < 4.78 is 6.24. The molecule has 0 fully saturated rings. The Hall–Kier alpha value is -3.38. The molecule has 162 valence electrons. The molecule has 0 aliphatic carbocycles. The van der Waals surface area contributed by atoms with Crippen LogP contribution in [0.1, 0.15) is 28.8 Å². The minimum absolute atomic E-state index is 0.153. The van der Waals surface area contributed by atoms with Gasteiger partial charge >= 0.3 is 0 Å². The van der Waals surface area contributed by atoms with Gasteiger partial charge in [0, 0.05) is 39.1 Å². The maximum Gasteiger partial charge on any atom is 0.250 e. The monoisotopic (exact) mass is 551 g/mol. The molecule has 2 aliphatic heterocycles. The first-order chi connectivity index (χ1) is 16.7. The summed E-state index contributed by atoms with van der Waals surface area (Å²) in [6.07, 6.45) is 6.45. The molecule has 0 bridgehead atoms. The van der Waals surface area contributed by atoms with Gasteiger partial charge in [-0.2, -0.15) is 9.13 Å². The van der Waals surface area contributed by atoms with Crippen LogP contribution in [0.25, 0.3) is 33.8 Å². The van der Waals surface area contributed by atoms with Crippen molar-refractivity contribution in [3.63, 3.8) is 0 Å². The molecule has 0 spiro atoms. The van der Waals surface area contributed by atoms with Gasteiger partial charge in [0.05, 0.1) is 22.4 Å². The lowest BCUT2D eigenvalue weighted by Crippen LogP contribution is -2.59. The highest BCUT2D eigenvalue weighted by Crippen LogP contribution is 2.46. The SMILES string of the molecule is Cc1cc2[n+](cc1-c1ccccn1)C1c3ccccc3-c3cccc[n+]3C1c1cc(I)ccc1-2. The molecular weight excluding hydrogens is 529 g/mol. The third-order valence-corrected chi connectivity index (χ3v) is 7.89. The number of halogens is 1. The molecule has 0 N–H and O–H groups in total. The summed E-state index contributed by atoms with van der Waals surface area (Å²) in [7, 11) is 0. The number of aromatic nitrogens is 3. The van der Waals surface area contributed by atoms with Gasteiger partial charge in [-0.3, -0.25) is 4.98 Å². The van der Waals surface area contributed by atoms with Crippen LogP contribution in [0.3, 0.4) is 0 Å². The number of pyridine rings is 3. The smallest absolute Gasteiger partial charge is 0.250 e. The zero-order valence-corrected chi connectivity index (χ0v) is 20.8. The highest BCUT2D eigenvalue weighted by molar-refractivity contribution is 14.1. The third kappa shape index (κ3) is 2.84. The van der Waals surface area contributed by atoms with Crippen LogP contribution in [0.2, 0.25) is 0 Å². The van der Waals surface area contributed by atoms with E-state index in [-0.39, 0.29) is 12.1 Å². The van der Waals surface area contributed by atoms with Crippen molar-refractivity contribution in [1.29, 1.82) is 0 Å². The van der Waals surface area contributed by atoms with Gasteiger partial charge in [0.15, 0.2) is 12.4 Å². The Labute approximate surface area is 212 Å². The second-order valence-electron chi connectivity index (χ2n) is 9.08. The first-order valence-corrected chi connectivity index (χ1v) is 12.6. The van der Waals surface area contributed by atoms with Crippen molar-refractivity contribution in [1.82, 2.24) is 4.98 Å². The Morgan fingerprint density at radius 3 is 2.38 bits per heavy atom. The second kappa shape index (κ2) is 7.57. The normalized spacial score (nSPS) is 17.1. The van der Waals surface area contributed by atoms with Crippen LogP contribution < -0.4 is 9.13 Å². The van der Waals surface area contributed by atoms with Crippen molar-refractivity contribution < 1.29 is 9.13 Å². The Kier molecular flexibility index (Phi) is 4.46. The predicted molar refractivity (Wildman–Crippen MR) is 141 cm³/mol. The maximum absolute atomic E-state index is 4.68. The van der Waals surface area contributed by atoms with E-state index in [1.165, 1.54) is 48.3 Å². The molecular formula is C30H22IN3+2. The molecule has 34 heavy (non-hydrogen) atoms. The lowest BCUT2D eigenvalue weighted by Gasteiger charge is -2.32. The van der Waals surface area contributed by atoms with Gasteiger partial charge < -0.3 is 0 Å². The number of rotatable bonds is 1. The fraction of sp³-hybridized carbons (Fsp3) is 0.100. The van der Waals surface area contributed by atoms with Gasteiger partial charge in [-0.1, -0.05) is 24.3 Å². The Morgan fingerprint density at radius 2 is 1.50 bits per heavy atom. The first kappa shape index (κ1) is 20.0. The van der Waals surface area contributed by atoms with Crippen LogP contribution in [-0.2, 0) is 0 Å². The molecule has 4 heteroatoms. The summed E-state index contributed by atoms with van der Waals surface area (Å²) in [5, 5.41) is 0. The van der Waals surface area contributed by atoms with Crippen molar-refractivity contribution in [3.8, 4) is 33.8 Å². The van der Waals surface area contributed by atoms with E-state index in [4.69, 9.17) is 0 Å². The zero-order valence-electron chi connectivity index (χ0n) is 18.7. The lowest BCUT2D eigenvalue weighted by molar-refractivity contribution is -0.799. The van der Waals surface area contributed by atoms with Crippen LogP contribution >= 0.6 is 22.6 Å². The summed E-state index contributed by atoms with van der Waals surface area (Å²) in [5.41, 5.74) is 11.3. The van der Waals surface area contributed by atoms with Crippen LogP contribution in [0.5, 0.6) is 0 Å². The quantitative estimate of drug-likeness (QED) is 0.183. The third-order valence-electron chi connectivity index (χ3n) is 7.22. The van der Waals surface area contributed by atoms with Gasteiger partial charge in [-0.05, 0) is 77.5 Å². The van der Waals surface area contributed by atoms with E-state index in [2.05, 4.69) is 135 Å². The van der Waals surface area contributed by atoms with Crippen molar-refractivity contribution in [2.24, 2.45) is 0 Å². The highest BCUT2D eigenvalue weighted by atomic mass is 127. The molecule has 0 radical (unpaired) electrons. The summed E-state index contributed by atoms with van der Waals surface area (Å²) in [6, 6.07) is 31.1. The van der Waals surface area contributed by atoms with Crippen LogP contribution in [0.4, 0.5) is 0 Å². The van der Waals surface area contributed by atoms with Gasteiger partial charge in [0.25, 0.3) is 12.1 Å². The van der Waals surface area contributed by atoms with Crippen LogP contribution in [0.15, 0.2) is 104 Å². The molecule has 2 unspecified atom stereocenters. The number of fused-ring (bicyclic) bond motifs is 11. The fourth-order valence-electron chi connectivity index (χ4n) is 5.78. The summed E-state index contributed by atoms with van der Waals surface area (Å²) in [4.78, 5) is 4.68. The largest absolute Gasteiger partial charge is 0.256 e. The lowest BCUT2D eigenvalue weighted by atomic mass is 9.79. The average Bonchev–Trinajstić information content (AvgIpc) is 2.88. The molecule has 3 aromatic heterocycles. The van der Waals surface area contributed by atoms with Crippen LogP contribution in [0, 0.1) is 10.5 Å². The van der Waals surface area contributed by atoms with E-state index in [1.807, 2.05) is 12.3 Å². The topological polar surface area (TPSA) is 20.6 Å². The highest BCUT2D eigenvalue weighted by Gasteiger charge is 2.52. The average molecular weight is 551 g/mol. The zero-order chi connectivity index (χ0) is 22.8. The molecule has 2 atom stereocenters. The number of hydrogen-bond donors (Lipinski definition) is 0. The minimum Gasteiger partial charge on any atom is -0.256 e. The molecule has 3 nitrogen and oxygen atoms in total. The number of aryl methyl sites for hydroxylation is 1. The maximum atomic E-state index is 4.68. The molecule has 5 aromatic rings. The van der Waals surface area contributed by atoms with Gasteiger partial charge in [-0.15, -0.1) is 0 Å². The standard InChI is InChI=1S/C30H22IN3/c1-19-16-28-22-13-12-20(31)17-24(22)30-29(34(28)18-25(19)26-10-4-6-14-32-26)23-9-3-2-8-21(23)27-11-5-7-15-33(27)30/h2-18,29-30H,1H3/q+2. The summed E-state index contributed by atoms with van der Waals surface area (Å²) in [5.74, 6) is 0. The first-order valence-electron chi connectivity index (χ1n) is 11.6. The summed E-state index contributed by atoms with van der Waals surface area (Å²) >= 11 is 2.44. The van der Waals surface area contributed by atoms with Crippen molar-refractivity contribution >= 4 is 22.6 Å². The van der Waals surface area contributed by atoms with Gasteiger partial charge in [0.1, 0.15) is 0 Å². The molecule has 0 saturated carbocycles. The van der Waals surface area contributed by atoms with E-state index >= 15 is 0 Å². The second-order valence-corrected chi connectivity index (χ2v) is 10.3. The van der Waals surface area contributed by atoms with E-state index in [9.17, 15) is 0 Å². The van der Waals surface area contributed by atoms with Gasteiger partial charge in [-0.25, -0.2) is 0 Å². The number of nitrogens with zero attached hydrogens (tertiary/aromatic N) is 3. The van der Waals surface area contributed by atoms with Crippen molar-refractivity contribution in [3.05, 3.63) is 124 Å². The molecule has 2 aliphatic rings. The molecule has 7 rings (SSSR count). The Morgan fingerprint density at radius 1 is 0.706 bits per heavy atom. The van der Waals surface area contributed by atoms with Crippen LogP contribution in [-0.4, -0.2) is 4.98 Å². The van der Waals surface area contributed by atoms with E-state index in [1.54, 1.807) is 0 Å². The molecule has 5 heterocycles. The van der Waals surface area contributed by atoms with E-state index in [0.29, 0.717) is 0 Å².